The molecule has 90 valence electrons. The Kier molecular flexibility index (Phi) is 5.88. The Morgan fingerprint density at radius 1 is 1.25 bits per heavy atom. The highest BCUT2D eigenvalue weighted by Gasteiger charge is 2.02. The number of aliphatic hydroxyl groups is 1. The van der Waals surface area contributed by atoms with Gasteiger partial charge in [0.15, 0.2) is 0 Å². The van der Waals surface area contributed by atoms with Crippen LogP contribution in [0.2, 0.25) is 0 Å². The largest absolute Gasteiger partial charge is 0.392 e. The van der Waals surface area contributed by atoms with Crippen molar-refractivity contribution in [1.29, 1.82) is 0 Å². The third kappa shape index (κ3) is 4.56. The van der Waals surface area contributed by atoms with E-state index >= 15 is 0 Å². The van der Waals surface area contributed by atoms with E-state index in [-0.39, 0.29) is 6.10 Å². The average Bonchev–Trinajstić information content (AvgIpc) is 2.29. The fourth-order valence-electron chi connectivity index (χ4n) is 1.38. The molecular formula is C13H21NOS. The fraction of sp³-hybridized carbons (Fsp3) is 0.538. The molecule has 1 rings (SSSR count). The third-order valence-electron chi connectivity index (χ3n) is 2.54. The number of nitrogens with two attached hydrogens (primary N) is 1. The minimum atomic E-state index is -0.359. The van der Waals surface area contributed by atoms with Crippen LogP contribution >= 0.6 is 11.8 Å². The molecule has 0 radical (unpaired) electrons. The summed E-state index contributed by atoms with van der Waals surface area (Å²) in [5.41, 5.74) is 6.71. The predicted molar refractivity (Wildman–Crippen MR) is 70.9 cm³/mol. The number of benzene rings is 1. The van der Waals surface area contributed by atoms with Crippen LogP contribution in [0.5, 0.6) is 0 Å². The van der Waals surface area contributed by atoms with E-state index in [9.17, 15) is 5.11 Å². The van der Waals surface area contributed by atoms with Gasteiger partial charge in [0, 0.05) is 17.2 Å². The zero-order chi connectivity index (χ0) is 12.0. The molecular weight excluding hydrogens is 218 g/mol. The Labute approximate surface area is 102 Å². The summed E-state index contributed by atoms with van der Waals surface area (Å²) in [4.78, 5) is 1.26. The second kappa shape index (κ2) is 6.94. The Balaban J connectivity index is 2.38. The summed E-state index contributed by atoms with van der Waals surface area (Å²) < 4.78 is 0. The van der Waals surface area contributed by atoms with E-state index in [1.165, 1.54) is 10.5 Å². The molecule has 16 heavy (non-hydrogen) atoms. The Bertz CT molecular complexity index is 297. The zero-order valence-corrected chi connectivity index (χ0v) is 10.8. The van der Waals surface area contributed by atoms with Crippen LogP contribution in [0, 0.1) is 0 Å². The van der Waals surface area contributed by atoms with Crippen LogP contribution < -0.4 is 5.73 Å². The summed E-state index contributed by atoms with van der Waals surface area (Å²) in [5, 5.41) is 9.31. The lowest BCUT2D eigenvalue weighted by Crippen LogP contribution is -2.19. The van der Waals surface area contributed by atoms with Crippen LogP contribution in [0.3, 0.4) is 0 Å². The van der Waals surface area contributed by atoms with Crippen molar-refractivity contribution >= 4 is 11.8 Å². The van der Waals surface area contributed by atoms with Crippen LogP contribution in [-0.4, -0.2) is 23.5 Å². The maximum Gasteiger partial charge on any atom is 0.0670 e. The van der Waals surface area contributed by atoms with Crippen molar-refractivity contribution in [1.82, 2.24) is 0 Å². The van der Waals surface area contributed by atoms with Crippen molar-refractivity contribution in [2.45, 2.75) is 37.2 Å². The summed E-state index contributed by atoms with van der Waals surface area (Å²) in [6.45, 7) is 4.74. The van der Waals surface area contributed by atoms with E-state index in [0.717, 1.165) is 12.2 Å². The number of thioether (sulfide) groups is 1. The van der Waals surface area contributed by atoms with Crippen molar-refractivity contribution < 1.29 is 5.11 Å². The van der Waals surface area contributed by atoms with Crippen LogP contribution in [-0.2, 0) is 0 Å². The van der Waals surface area contributed by atoms with Gasteiger partial charge in [-0.1, -0.05) is 26.0 Å². The molecule has 0 saturated carbocycles. The molecule has 0 heterocycles. The van der Waals surface area contributed by atoms with Crippen LogP contribution in [0.1, 0.15) is 31.7 Å². The molecule has 0 amide bonds. The average molecular weight is 239 g/mol. The van der Waals surface area contributed by atoms with Gasteiger partial charge in [0.2, 0.25) is 0 Å². The van der Waals surface area contributed by atoms with Crippen LogP contribution in [0.4, 0.5) is 0 Å². The zero-order valence-electron chi connectivity index (χ0n) is 10.0. The smallest absolute Gasteiger partial charge is 0.0670 e. The van der Waals surface area contributed by atoms with E-state index in [0.29, 0.717) is 12.5 Å². The lowest BCUT2D eigenvalue weighted by atomic mass is 10.0. The molecule has 1 atom stereocenters. The van der Waals surface area contributed by atoms with Crippen LogP contribution in [0.15, 0.2) is 29.2 Å². The second-order valence-corrected chi connectivity index (χ2v) is 5.42. The first-order chi connectivity index (χ1) is 7.63. The molecule has 0 saturated heterocycles. The maximum atomic E-state index is 9.31. The maximum absolute atomic E-state index is 9.31. The molecule has 1 aromatic rings. The van der Waals surface area contributed by atoms with Gasteiger partial charge in [0.05, 0.1) is 6.10 Å². The van der Waals surface area contributed by atoms with Crippen molar-refractivity contribution in [3.63, 3.8) is 0 Å². The molecule has 0 fully saturated rings. The molecule has 0 aliphatic carbocycles. The Morgan fingerprint density at radius 3 is 2.38 bits per heavy atom. The monoisotopic (exact) mass is 239 g/mol. The second-order valence-electron chi connectivity index (χ2n) is 4.25. The van der Waals surface area contributed by atoms with E-state index in [1.807, 2.05) is 0 Å². The molecule has 0 aliphatic heterocycles. The van der Waals surface area contributed by atoms with E-state index in [1.54, 1.807) is 11.8 Å². The van der Waals surface area contributed by atoms with E-state index < -0.39 is 0 Å². The first-order valence-corrected chi connectivity index (χ1v) is 6.73. The van der Waals surface area contributed by atoms with Crippen molar-refractivity contribution in [2.24, 2.45) is 5.73 Å². The summed E-state index contributed by atoms with van der Waals surface area (Å²) in [5.74, 6) is 1.50. The molecule has 2 nitrogen and oxygen atoms in total. The number of hydrogen-bond acceptors (Lipinski definition) is 3. The first kappa shape index (κ1) is 13.6. The van der Waals surface area contributed by atoms with Gasteiger partial charge in [-0.25, -0.2) is 0 Å². The van der Waals surface area contributed by atoms with Crippen molar-refractivity contribution in [3.8, 4) is 0 Å². The topological polar surface area (TPSA) is 46.2 Å². The minimum Gasteiger partial charge on any atom is -0.392 e. The summed E-state index contributed by atoms with van der Waals surface area (Å²) >= 11 is 1.77. The van der Waals surface area contributed by atoms with Gasteiger partial charge < -0.3 is 10.8 Å². The Morgan fingerprint density at radius 2 is 1.88 bits per heavy atom. The van der Waals surface area contributed by atoms with Gasteiger partial charge in [-0.15, -0.1) is 11.8 Å². The molecule has 0 aliphatic rings. The van der Waals surface area contributed by atoms with Gasteiger partial charge in [-0.05, 0) is 30.0 Å². The third-order valence-corrected chi connectivity index (χ3v) is 3.58. The highest BCUT2D eigenvalue weighted by Crippen LogP contribution is 2.22. The normalized spacial score (nSPS) is 13.1. The fourth-order valence-corrected chi connectivity index (χ4v) is 2.33. The molecule has 1 aromatic carbocycles. The van der Waals surface area contributed by atoms with Gasteiger partial charge in [0.1, 0.15) is 0 Å². The molecule has 3 N–H and O–H groups in total. The number of hydrogen-bond donors (Lipinski definition) is 2. The van der Waals surface area contributed by atoms with Gasteiger partial charge in [-0.3, -0.25) is 0 Å². The quantitative estimate of drug-likeness (QED) is 0.750. The summed E-state index contributed by atoms with van der Waals surface area (Å²) in [6, 6.07) is 8.64. The highest BCUT2D eigenvalue weighted by molar-refractivity contribution is 7.99. The van der Waals surface area contributed by atoms with Crippen molar-refractivity contribution in [3.05, 3.63) is 29.8 Å². The van der Waals surface area contributed by atoms with Gasteiger partial charge in [-0.2, -0.15) is 0 Å². The van der Waals surface area contributed by atoms with Gasteiger partial charge >= 0.3 is 0 Å². The molecule has 0 spiro atoms. The first-order valence-electron chi connectivity index (χ1n) is 5.74. The summed E-state index contributed by atoms with van der Waals surface area (Å²) in [7, 11) is 0. The molecule has 3 heteroatoms. The van der Waals surface area contributed by atoms with E-state index in [4.69, 9.17) is 5.73 Å². The molecule has 0 bridgehead atoms. The Hall–Kier alpha value is -0.510. The van der Waals surface area contributed by atoms with E-state index in [2.05, 4.69) is 38.1 Å². The standard InChI is InChI=1S/C13H21NOS/c1-10(2)11-3-5-13(6-4-11)16-8-7-12(15)9-14/h3-6,10,12,15H,7-9,14H2,1-2H3. The van der Waals surface area contributed by atoms with Crippen LogP contribution in [0.25, 0.3) is 0 Å². The SMILES string of the molecule is CC(C)c1ccc(SCCC(O)CN)cc1. The van der Waals surface area contributed by atoms with Crippen molar-refractivity contribution in [2.75, 3.05) is 12.3 Å². The van der Waals surface area contributed by atoms with Gasteiger partial charge in [0.25, 0.3) is 0 Å². The highest BCUT2D eigenvalue weighted by atomic mass is 32.2. The number of aliphatic hydroxyl groups excluding tert-OH is 1. The molecule has 1 unspecified atom stereocenters. The predicted octanol–water partition coefficient (Wildman–Crippen LogP) is 2.61. The lowest BCUT2D eigenvalue weighted by molar-refractivity contribution is 0.180. The molecule has 0 aromatic heterocycles. The minimum absolute atomic E-state index is 0.354. The number of rotatable bonds is 6. The lowest BCUT2D eigenvalue weighted by Gasteiger charge is -2.08. The summed E-state index contributed by atoms with van der Waals surface area (Å²) in [6.07, 6.45) is 0.398.